The second-order valence-corrected chi connectivity index (χ2v) is 15.4. The molecule has 10 N–H and O–H groups in total. The third-order valence-electron chi connectivity index (χ3n) is 8.22. The van der Waals surface area contributed by atoms with E-state index >= 15 is 0 Å². The number of rotatable bonds is 16. The van der Waals surface area contributed by atoms with Crippen LogP contribution in [0, 0.1) is 22.7 Å². The van der Waals surface area contributed by atoms with E-state index in [-0.39, 0.29) is 49.1 Å². The summed E-state index contributed by atoms with van der Waals surface area (Å²) < 4.78 is 63.4. The summed E-state index contributed by atoms with van der Waals surface area (Å²) in [5.41, 5.74) is 0.413. The van der Waals surface area contributed by atoms with Gasteiger partial charge in [-0.25, -0.2) is 13.2 Å². The largest absolute Gasteiger partial charge is 0.790 e. The van der Waals surface area contributed by atoms with Gasteiger partial charge in [0.1, 0.15) is 6.10 Å². The van der Waals surface area contributed by atoms with Crippen LogP contribution < -0.4 is 32.7 Å². The molecule has 0 aliphatic carbocycles. The average Bonchev–Trinajstić information content (AvgIpc) is 3.64. The number of nitrogens with one attached hydrogen (secondary N) is 2. The second-order valence-electron chi connectivity index (χ2n) is 12.4. The lowest BCUT2D eigenvalue weighted by Gasteiger charge is -2.40. The highest BCUT2D eigenvalue weighted by Crippen LogP contribution is 2.35. The molecule has 0 saturated carbocycles. The van der Waals surface area contributed by atoms with E-state index in [9.17, 15) is 32.8 Å². The number of carbonyl (C=O) groups excluding carboxylic acids is 1. The first kappa shape index (κ1) is 42.0. The minimum Gasteiger partial charge on any atom is -0.790 e. The Hall–Kier alpha value is -3.14. The number of hydrogen-bond donors (Lipinski definition) is 4. The number of nitriles is 1. The maximum Gasteiger partial charge on any atom is 0.407 e. The molecule has 16 nitrogen and oxygen atoms in total. The highest BCUT2D eigenvalue weighted by Gasteiger charge is 2.44. The van der Waals surface area contributed by atoms with Crippen molar-refractivity contribution in [1.82, 2.24) is 21.9 Å². The van der Waals surface area contributed by atoms with Crippen LogP contribution in [0.25, 0.3) is 0 Å². The molecular weight excluding hydrogens is 679 g/mol. The van der Waals surface area contributed by atoms with Gasteiger partial charge < -0.3 is 56.0 Å². The maximum atomic E-state index is 14.2. The molecule has 274 valence electrons. The zero-order chi connectivity index (χ0) is 34.2. The first-order valence-electron chi connectivity index (χ1n) is 15.3. The summed E-state index contributed by atoms with van der Waals surface area (Å²) in [6.07, 6.45) is -2.63. The third-order valence-corrected chi connectivity index (χ3v) is 10.6. The first-order chi connectivity index (χ1) is 22.2. The number of alkyl carbamates (subject to hydrolysis) is 1. The summed E-state index contributed by atoms with van der Waals surface area (Å²) >= 11 is 0. The number of phosphoric acid groups is 1. The predicted octanol–water partition coefficient (Wildman–Crippen LogP) is 3.11. The van der Waals surface area contributed by atoms with Gasteiger partial charge in [-0.3, -0.25) is 0 Å². The van der Waals surface area contributed by atoms with Crippen molar-refractivity contribution in [2.45, 2.75) is 69.0 Å². The van der Waals surface area contributed by atoms with Crippen molar-refractivity contribution in [2.24, 2.45) is 11.3 Å². The first-order valence-corrected chi connectivity index (χ1v) is 18.2. The molecule has 49 heavy (non-hydrogen) atoms. The Morgan fingerprint density at radius 1 is 1.16 bits per heavy atom. The van der Waals surface area contributed by atoms with Crippen LogP contribution in [-0.4, -0.2) is 76.7 Å². The zero-order valence-corrected chi connectivity index (χ0v) is 30.3. The van der Waals surface area contributed by atoms with E-state index in [1.165, 1.54) is 12.1 Å². The third kappa shape index (κ3) is 12.0. The number of anilines is 1. The Kier molecular flexibility index (Phi) is 15.6. The van der Waals surface area contributed by atoms with Crippen LogP contribution in [0.4, 0.5) is 10.5 Å². The quantitative estimate of drug-likeness (QED) is 0.182. The molecule has 0 spiro atoms. The van der Waals surface area contributed by atoms with Crippen LogP contribution >= 0.6 is 7.82 Å². The lowest BCUT2D eigenvalue weighted by Crippen LogP contribution is -2.53. The zero-order valence-electron chi connectivity index (χ0n) is 28.6. The van der Waals surface area contributed by atoms with Crippen LogP contribution in [0.3, 0.4) is 0 Å². The molecule has 4 rings (SSSR count). The fourth-order valence-corrected chi connectivity index (χ4v) is 8.01. The molecule has 2 heterocycles. The second kappa shape index (κ2) is 18.2. The monoisotopic (exact) mass is 728 g/mol. The van der Waals surface area contributed by atoms with Gasteiger partial charge in [0, 0.05) is 32.2 Å². The molecule has 0 bridgehead atoms. The normalized spacial score (nSPS) is 20.2. The molecule has 2 fully saturated rings. The molecule has 1 amide bonds. The predicted molar refractivity (Wildman–Crippen MR) is 179 cm³/mol. The van der Waals surface area contributed by atoms with Crippen molar-refractivity contribution in [3.8, 4) is 6.07 Å². The summed E-state index contributed by atoms with van der Waals surface area (Å²) in [7, 11) is -8.44. The van der Waals surface area contributed by atoms with Crippen LogP contribution in [0.5, 0.6) is 0 Å². The van der Waals surface area contributed by atoms with Gasteiger partial charge in [-0.05, 0) is 48.4 Å². The van der Waals surface area contributed by atoms with Gasteiger partial charge in [0.05, 0.1) is 50.1 Å². The Balaban J connectivity index is 0.00000417. The van der Waals surface area contributed by atoms with Crippen LogP contribution in [0.1, 0.15) is 38.7 Å². The molecule has 0 radical (unpaired) electrons. The molecule has 2 saturated heterocycles. The summed E-state index contributed by atoms with van der Waals surface area (Å²) in [4.78, 5) is 37.5. The summed E-state index contributed by atoms with van der Waals surface area (Å²) in [6, 6.07) is 15.6. The fourth-order valence-electron chi connectivity index (χ4n) is 5.77. The van der Waals surface area contributed by atoms with Crippen LogP contribution in [-0.2, 0) is 39.7 Å². The standard InChI is InChI=1S/C31H43N4O10PS.2H3N/c1-31(2,14-8-15-32)21-35(47(40,41)24-12-7-11-23(18-24)33-3)19-27(45-46(37,38)39)26(17-22-9-5-4-6-10-22)34-30(36)44-28-20-43-29-25(28)13-16-42-29;;/h4-7,9-12,18,25-29,33H,8,13-14,16-17,19-21H2,1-3H3,(H,34,36)(H2,37,38,39);2*1H3/t25?,26-,27?,28?,29?;;/m0../s1. The van der Waals surface area contributed by atoms with Crippen molar-refractivity contribution in [1.29, 1.82) is 5.26 Å². The van der Waals surface area contributed by atoms with Gasteiger partial charge in [0.25, 0.3) is 0 Å². The van der Waals surface area contributed by atoms with E-state index < -0.39 is 60.4 Å². The Morgan fingerprint density at radius 2 is 1.88 bits per heavy atom. The Bertz CT molecular complexity index is 1560. The SMILES string of the molecule is CNc1cccc(S(=O)(=O)N(CC(OP(=O)([O-])[O-])[C@H](Cc2ccccc2)NC(=O)OC2COC3OCCC23)CC(C)(C)CCC#N)c1.[NH4+].[NH4+]. The number of nitrogens with zero attached hydrogens (tertiary/aromatic N) is 2. The summed E-state index contributed by atoms with van der Waals surface area (Å²) in [5, 5.41) is 14.8. The molecule has 2 aromatic carbocycles. The lowest BCUT2D eigenvalue weighted by molar-refractivity contribution is -0.345. The van der Waals surface area contributed by atoms with E-state index in [1.807, 2.05) is 0 Å². The lowest BCUT2D eigenvalue weighted by atomic mass is 9.88. The molecule has 18 heteroatoms. The number of ether oxygens (including phenoxy) is 3. The van der Waals surface area contributed by atoms with Gasteiger partial charge in [-0.2, -0.15) is 9.57 Å². The Morgan fingerprint density at radius 3 is 2.53 bits per heavy atom. The van der Waals surface area contributed by atoms with Crippen LogP contribution in [0.2, 0.25) is 0 Å². The molecular formula is C31H49N6O10PS. The molecule has 2 aromatic rings. The average molecular weight is 729 g/mol. The fraction of sp³-hybridized carbons (Fsp3) is 0.548. The number of hydrogen-bond acceptors (Lipinski definition) is 12. The number of phosphoric ester groups is 1. The van der Waals surface area contributed by atoms with Crippen molar-refractivity contribution in [3.05, 3.63) is 60.2 Å². The number of carbonyl (C=O) groups is 1. The van der Waals surface area contributed by atoms with E-state index in [0.29, 0.717) is 30.7 Å². The van der Waals surface area contributed by atoms with Gasteiger partial charge in [0.2, 0.25) is 10.0 Å². The van der Waals surface area contributed by atoms with Gasteiger partial charge in [0.15, 0.2) is 6.29 Å². The van der Waals surface area contributed by atoms with Gasteiger partial charge in [-0.1, -0.05) is 50.2 Å². The highest BCUT2D eigenvalue weighted by molar-refractivity contribution is 7.89. The summed E-state index contributed by atoms with van der Waals surface area (Å²) in [6.45, 7) is 3.34. The van der Waals surface area contributed by atoms with Gasteiger partial charge in [-0.15, -0.1) is 0 Å². The van der Waals surface area contributed by atoms with E-state index in [2.05, 4.69) is 16.7 Å². The maximum absolute atomic E-state index is 14.2. The summed E-state index contributed by atoms with van der Waals surface area (Å²) in [5.74, 6) is -0.173. The molecule has 2 aliphatic heterocycles. The molecule has 4 unspecified atom stereocenters. The number of amides is 1. The Labute approximate surface area is 287 Å². The van der Waals surface area contributed by atoms with Crippen molar-refractivity contribution in [3.63, 3.8) is 0 Å². The minimum absolute atomic E-state index is 0. The number of quaternary nitrogens is 2. The van der Waals surface area contributed by atoms with Crippen molar-refractivity contribution >= 4 is 29.6 Å². The smallest absolute Gasteiger partial charge is 0.407 e. The number of sulfonamides is 1. The highest BCUT2D eigenvalue weighted by atomic mass is 32.2. The minimum atomic E-state index is -5.73. The number of fused-ring (bicyclic) bond motifs is 1. The number of benzene rings is 2. The van der Waals surface area contributed by atoms with Crippen molar-refractivity contribution in [2.75, 3.05) is 38.7 Å². The molecule has 5 atom stereocenters. The van der Waals surface area contributed by atoms with E-state index in [4.69, 9.17) is 18.7 Å². The van der Waals surface area contributed by atoms with Gasteiger partial charge >= 0.3 is 6.09 Å². The van der Waals surface area contributed by atoms with E-state index in [1.54, 1.807) is 63.4 Å². The van der Waals surface area contributed by atoms with Crippen LogP contribution in [0.15, 0.2) is 59.5 Å². The molecule has 0 aromatic heterocycles. The topological polar surface area (TPSA) is 275 Å². The van der Waals surface area contributed by atoms with Crippen molar-refractivity contribution < 1.29 is 46.3 Å². The molecule has 2 aliphatic rings. The van der Waals surface area contributed by atoms with E-state index in [0.717, 1.165) is 4.31 Å².